The zero-order valence-electron chi connectivity index (χ0n) is 16.8. The van der Waals surface area contributed by atoms with E-state index in [1.807, 2.05) is 12.1 Å². The Bertz CT molecular complexity index is 697. The summed E-state index contributed by atoms with van der Waals surface area (Å²) >= 11 is 12.9. The maximum atomic E-state index is 6.47. The Kier molecular flexibility index (Phi) is 7.29. The lowest BCUT2D eigenvalue weighted by Gasteiger charge is -2.33. The molecule has 0 saturated heterocycles. The Morgan fingerprint density at radius 1 is 0.630 bits per heavy atom. The van der Waals surface area contributed by atoms with Crippen LogP contribution in [0.4, 0.5) is 0 Å². The minimum atomic E-state index is 0.0714. The highest BCUT2D eigenvalue weighted by Crippen LogP contribution is 2.55. The number of rotatable bonds is 10. The van der Waals surface area contributed by atoms with Crippen molar-refractivity contribution in [2.75, 3.05) is 0 Å². The van der Waals surface area contributed by atoms with E-state index in [1.165, 1.54) is 86.5 Å². The second-order valence-corrected chi connectivity index (χ2v) is 8.96. The molecule has 3 rings (SSSR count). The molecular weight excluding hydrogens is 371 g/mol. The number of halogens is 2. The van der Waals surface area contributed by atoms with E-state index in [4.69, 9.17) is 23.2 Å². The second-order valence-electron chi connectivity index (χ2n) is 8.08. The summed E-state index contributed by atoms with van der Waals surface area (Å²) in [6.45, 7) is 4.56. The predicted molar refractivity (Wildman–Crippen MR) is 120 cm³/mol. The number of hydrogen-bond donors (Lipinski definition) is 0. The van der Waals surface area contributed by atoms with Crippen LogP contribution in [-0.2, 0) is 5.41 Å². The number of unbranched alkanes of at least 4 members (excludes halogenated alkanes) is 6. The van der Waals surface area contributed by atoms with Gasteiger partial charge in [-0.3, -0.25) is 0 Å². The van der Waals surface area contributed by atoms with Crippen LogP contribution in [0.15, 0.2) is 36.4 Å². The van der Waals surface area contributed by atoms with E-state index in [1.54, 1.807) is 0 Å². The highest BCUT2D eigenvalue weighted by atomic mass is 35.5. The molecule has 0 amide bonds. The molecule has 0 aliphatic heterocycles. The van der Waals surface area contributed by atoms with Crippen molar-refractivity contribution in [2.45, 2.75) is 83.5 Å². The van der Waals surface area contributed by atoms with Gasteiger partial charge in [-0.15, -0.1) is 0 Å². The molecule has 0 aromatic heterocycles. The molecule has 0 spiro atoms. The van der Waals surface area contributed by atoms with Crippen molar-refractivity contribution in [3.05, 3.63) is 57.6 Å². The molecular formula is C25H32Cl2. The van der Waals surface area contributed by atoms with Crippen LogP contribution in [0.3, 0.4) is 0 Å². The fourth-order valence-corrected chi connectivity index (χ4v) is 5.15. The normalized spacial score (nSPS) is 14.2. The van der Waals surface area contributed by atoms with E-state index >= 15 is 0 Å². The van der Waals surface area contributed by atoms with Crippen molar-refractivity contribution < 1.29 is 0 Å². The Morgan fingerprint density at radius 3 is 1.48 bits per heavy atom. The van der Waals surface area contributed by atoms with Crippen molar-refractivity contribution >= 4 is 23.2 Å². The third kappa shape index (κ3) is 4.38. The Hall–Kier alpha value is -0.980. The summed E-state index contributed by atoms with van der Waals surface area (Å²) in [6, 6.07) is 12.9. The summed E-state index contributed by atoms with van der Waals surface area (Å²) in [5, 5.41) is 1.69. The van der Waals surface area contributed by atoms with Gasteiger partial charge in [0.15, 0.2) is 0 Å². The van der Waals surface area contributed by atoms with Crippen molar-refractivity contribution in [1.82, 2.24) is 0 Å². The van der Waals surface area contributed by atoms with Crippen LogP contribution in [-0.4, -0.2) is 0 Å². The molecule has 0 radical (unpaired) electrons. The van der Waals surface area contributed by atoms with Gasteiger partial charge in [0, 0.05) is 15.5 Å². The van der Waals surface area contributed by atoms with Crippen LogP contribution >= 0.6 is 23.2 Å². The van der Waals surface area contributed by atoms with Crippen LogP contribution in [0, 0.1) is 0 Å². The third-order valence-corrected chi connectivity index (χ3v) is 6.67. The topological polar surface area (TPSA) is 0 Å². The molecule has 0 fully saturated rings. The molecule has 2 aromatic rings. The summed E-state index contributed by atoms with van der Waals surface area (Å²) in [6.07, 6.45) is 12.7. The van der Waals surface area contributed by atoms with Crippen LogP contribution < -0.4 is 0 Å². The first kappa shape index (κ1) is 20.7. The molecule has 0 atom stereocenters. The Labute approximate surface area is 175 Å². The maximum absolute atomic E-state index is 6.47. The van der Waals surface area contributed by atoms with Gasteiger partial charge >= 0.3 is 0 Å². The van der Waals surface area contributed by atoms with Gasteiger partial charge in [0.05, 0.1) is 0 Å². The largest absolute Gasteiger partial charge is 0.0843 e. The molecule has 0 heterocycles. The summed E-state index contributed by atoms with van der Waals surface area (Å²) in [7, 11) is 0. The molecule has 0 bridgehead atoms. The summed E-state index contributed by atoms with van der Waals surface area (Å²) in [5.41, 5.74) is 5.65. The Morgan fingerprint density at radius 2 is 1.07 bits per heavy atom. The lowest BCUT2D eigenvalue weighted by Crippen LogP contribution is -2.25. The first-order valence-electron chi connectivity index (χ1n) is 10.7. The maximum Gasteiger partial charge on any atom is 0.0409 e. The summed E-state index contributed by atoms with van der Waals surface area (Å²) < 4.78 is 0. The molecule has 2 aromatic carbocycles. The summed E-state index contributed by atoms with van der Waals surface area (Å²) in [4.78, 5) is 0. The number of benzene rings is 2. The van der Waals surface area contributed by atoms with Gasteiger partial charge in [0.25, 0.3) is 0 Å². The third-order valence-electron chi connectivity index (χ3n) is 6.20. The van der Waals surface area contributed by atoms with Gasteiger partial charge in [0.1, 0.15) is 0 Å². The van der Waals surface area contributed by atoms with E-state index in [0.717, 1.165) is 10.0 Å². The monoisotopic (exact) mass is 402 g/mol. The highest BCUT2D eigenvalue weighted by Gasteiger charge is 2.42. The fraction of sp³-hybridized carbons (Fsp3) is 0.520. The van der Waals surface area contributed by atoms with Crippen molar-refractivity contribution in [3.8, 4) is 11.1 Å². The van der Waals surface area contributed by atoms with E-state index in [-0.39, 0.29) is 5.41 Å². The minimum Gasteiger partial charge on any atom is -0.0843 e. The van der Waals surface area contributed by atoms with Crippen LogP contribution in [0.5, 0.6) is 0 Å². The van der Waals surface area contributed by atoms with Gasteiger partial charge in [-0.1, -0.05) is 101 Å². The number of hydrogen-bond acceptors (Lipinski definition) is 0. The van der Waals surface area contributed by atoms with E-state index in [0.29, 0.717) is 0 Å². The average molecular weight is 403 g/mol. The zero-order valence-corrected chi connectivity index (χ0v) is 18.3. The Balaban J connectivity index is 2.03. The van der Waals surface area contributed by atoms with Crippen molar-refractivity contribution in [3.63, 3.8) is 0 Å². The molecule has 1 aliphatic carbocycles. The van der Waals surface area contributed by atoms with Gasteiger partial charge in [-0.2, -0.15) is 0 Å². The highest BCUT2D eigenvalue weighted by molar-refractivity contribution is 6.31. The van der Waals surface area contributed by atoms with Crippen LogP contribution in [0.25, 0.3) is 11.1 Å². The first-order valence-corrected chi connectivity index (χ1v) is 11.5. The van der Waals surface area contributed by atoms with E-state index in [9.17, 15) is 0 Å². The van der Waals surface area contributed by atoms with Crippen LogP contribution in [0.1, 0.15) is 89.2 Å². The zero-order chi connectivity index (χ0) is 19.3. The lowest BCUT2D eigenvalue weighted by molar-refractivity contribution is 0.401. The van der Waals surface area contributed by atoms with Gasteiger partial charge < -0.3 is 0 Å². The van der Waals surface area contributed by atoms with Crippen LogP contribution in [0.2, 0.25) is 10.0 Å². The fourth-order valence-electron chi connectivity index (χ4n) is 4.81. The van der Waals surface area contributed by atoms with E-state index < -0.39 is 0 Å². The SMILES string of the molecule is CCCCCCC1(CCCCCC)c2cc(Cl)ccc2-c2ccc(Cl)cc21. The van der Waals surface area contributed by atoms with E-state index in [2.05, 4.69) is 38.1 Å². The van der Waals surface area contributed by atoms with Crippen molar-refractivity contribution in [1.29, 1.82) is 0 Å². The van der Waals surface area contributed by atoms with Gasteiger partial charge in [-0.05, 0) is 59.4 Å². The molecule has 2 heteroatoms. The standard InChI is InChI=1S/C25H32Cl2/c1-3-5-7-9-15-25(16-10-8-6-4-2)23-17-19(26)11-13-21(23)22-14-12-20(27)18-24(22)25/h11-14,17-18H,3-10,15-16H2,1-2H3. The minimum absolute atomic E-state index is 0.0714. The number of fused-ring (bicyclic) bond motifs is 3. The molecule has 0 saturated carbocycles. The predicted octanol–water partition coefficient (Wildman–Crippen LogP) is 9.20. The quantitative estimate of drug-likeness (QED) is 0.347. The van der Waals surface area contributed by atoms with Gasteiger partial charge in [-0.25, -0.2) is 0 Å². The molecule has 0 nitrogen and oxygen atoms in total. The molecule has 0 N–H and O–H groups in total. The molecule has 146 valence electrons. The second kappa shape index (κ2) is 9.48. The first-order chi connectivity index (χ1) is 13.1. The van der Waals surface area contributed by atoms with Crippen molar-refractivity contribution in [2.24, 2.45) is 0 Å². The molecule has 0 unspecified atom stereocenters. The average Bonchev–Trinajstić information content (AvgIpc) is 2.92. The molecule has 1 aliphatic rings. The summed E-state index contributed by atoms with van der Waals surface area (Å²) in [5.74, 6) is 0. The van der Waals surface area contributed by atoms with Gasteiger partial charge in [0.2, 0.25) is 0 Å². The smallest absolute Gasteiger partial charge is 0.0409 e. The lowest BCUT2D eigenvalue weighted by atomic mass is 9.70. The molecule has 27 heavy (non-hydrogen) atoms.